The molecule has 3 nitrogen and oxygen atoms in total. The van der Waals surface area contributed by atoms with Crippen molar-refractivity contribution in [1.82, 2.24) is 0 Å². The maximum absolute atomic E-state index is 13.3. The second kappa shape index (κ2) is 5.07. The average Bonchev–Trinajstić information content (AvgIpc) is 2.32. The predicted molar refractivity (Wildman–Crippen MR) is 70.7 cm³/mol. The molecule has 2 aromatic rings. The minimum absolute atomic E-state index is 0.0222. The van der Waals surface area contributed by atoms with Crippen molar-refractivity contribution in [2.45, 2.75) is 4.90 Å². The zero-order chi connectivity index (χ0) is 13.2. The highest BCUT2D eigenvalue weighted by atomic mass is 79.9. The zero-order valence-electron chi connectivity index (χ0n) is 9.05. The molecule has 6 heteroatoms. The second-order valence-electron chi connectivity index (χ2n) is 3.47. The number of nitrogens with zero attached hydrogens (tertiary/aromatic N) is 1. The summed E-state index contributed by atoms with van der Waals surface area (Å²) in [6.45, 7) is 0. The van der Waals surface area contributed by atoms with Gasteiger partial charge in [-0.15, -0.1) is 0 Å². The van der Waals surface area contributed by atoms with Gasteiger partial charge in [0.15, 0.2) is 0 Å². The summed E-state index contributed by atoms with van der Waals surface area (Å²) in [7, 11) is -3.89. The molecule has 0 aliphatic rings. The number of benzene rings is 2. The third kappa shape index (κ3) is 2.88. The Kier molecular flexibility index (Phi) is 3.68. The van der Waals surface area contributed by atoms with Gasteiger partial charge in [0.25, 0.3) is 0 Å². The van der Waals surface area contributed by atoms with E-state index in [9.17, 15) is 12.8 Å². The van der Waals surface area contributed by atoms with E-state index in [1.54, 1.807) is 12.1 Å². The SMILES string of the molecule is O=S(=O)([N-]c1ccccc1F)c1ccc(Br)cc1. The Morgan fingerprint density at radius 1 is 1.00 bits per heavy atom. The molecule has 0 spiro atoms. The van der Waals surface area contributed by atoms with E-state index in [-0.39, 0.29) is 10.6 Å². The summed E-state index contributed by atoms with van der Waals surface area (Å²) in [6.07, 6.45) is 0. The molecular weight excluding hydrogens is 321 g/mol. The second-order valence-corrected chi connectivity index (χ2v) is 5.99. The summed E-state index contributed by atoms with van der Waals surface area (Å²) in [5.41, 5.74) is -0.194. The summed E-state index contributed by atoms with van der Waals surface area (Å²) in [5.74, 6) is -0.668. The van der Waals surface area contributed by atoms with Gasteiger partial charge in [-0.2, -0.15) is 0 Å². The zero-order valence-corrected chi connectivity index (χ0v) is 11.4. The van der Waals surface area contributed by atoms with E-state index >= 15 is 0 Å². The van der Waals surface area contributed by atoms with Gasteiger partial charge in [-0.1, -0.05) is 39.8 Å². The summed E-state index contributed by atoms with van der Waals surface area (Å²) < 4.78 is 41.4. The fourth-order valence-electron chi connectivity index (χ4n) is 1.31. The molecule has 0 amide bonds. The predicted octanol–water partition coefficient (Wildman–Crippen LogP) is 3.98. The first-order valence-electron chi connectivity index (χ1n) is 4.97. The molecule has 0 saturated carbocycles. The van der Waals surface area contributed by atoms with Crippen LogP contribution in [0.4, 0.5) is 10.1 Å². The van der Waals surface area contributed by atoms with Gasteiger partial charge in [-0.05, 0) is 30.3 Å². The van der Waals surface area contributed by atoms with Crippen molar-refractivity contribution in [2.24, 2.45) is 0 Å². The van der Waals surface area contributed by atoms with Crippen molar-refractivity contribution in [3.63, 3.8) is 0 Å². The van der Waals surface area contributed by atoms with E-state index in [0.29, 0.717) is 0 Å². The molecule has 2 aromatic carbocycles. The lowest BCUT2D eigenvalue weighted by Gasteiger charge is -2.22. The lowest BCUT2D eigenvalue weighted by molar-refractivity contribution is 0.601. The largest absolute Gasteiger partial charge is 0.570 e. The highest BCUT2D eigenvalue weighted by molar-refractivity contribution is 9.10. The van der Waals surface area contributed by atoms with Crippen LogP contribution in [-0.4, -0.2) is 8.42 Å². The number of rotatable bonds is 3. The van der Waals surface area contributed by atoms with Gasteiger partial charge in [0, 0.05) is 4.47 Å². The van der Waals surface area contributed by atoms with Crippen LogP contribution in [0.1, 0.15) is 0 Å². The molecule has 0 atom stereocenters. The van der Waals surface area contributed by atoms with Crippen LogP contribution in [0.5, 0.6) is 0 Å². The van der Waals surface area contributed by atoms with E-state index in [0.717, 1.165) is 10.5 Å². The van der Waals surface area contributed by atoms with Crippen LogP contribution in [0, 0.1) is 5.82 Å². The molecule has 0 unspecified atom stereocenters. The number of sulfonamides is 1. The minimum Gasteiger partial charge on any atom is -0.570 e. The molecule has 0 saturated heterocycles. The van der Waals surface area contributed by atoms with Gasteiger partial charge in [-0.25, -0.2) is 12.8 Å². The number of halogens is 2. The molecule has 0 heterocycles. The van der Waals surface area contributed by atoms with Crippen LogP contribution in [-0.2, 0) is 10.0 Å². The average molecular weight is 329 g/mol. The smallest absolute Gasteiger partial charge is 0.123 e. The van der Waals surface area contributed by atoms with E-state index in [4.69, 9.17) is 0 Å². The van der Waals surface area contributed by atoms with Crippen LogP contribution >= 0.6 is 15.9 Å². The third-order valence-corrected chi connectivity index (χ3v) is 4.02. The van der Waals surface area contributed by atoms with Crippen molar-refractivity contribution in [3.05, 3.63) is 63.5 Å². The molecule has 0 aliphatic heterocycles. The highest BCUT2D eigenvalue weighted by Crippen LogP contribution is 2.30. The molecule has 0 bridgehead atoms. The molecule has 0 fully saturated rings. The van der Waals surface area contributed by atoms with E-state index < -0.39 is 15.8 Å². The Morgan fingerprint density at radius 3 is 2.22 bits per heavy atom. The molecule has 0 N–H and O–H groups in total. The Hall–Kier alpha value is -1.40. The summed E-state index contributed by atoms with van der Waals surface area (Å²) in [6, 6.07) is 11.5. The van der Waals surface area contributed by atoms with E-state index in [2.05, 4.69) is 20.7 Å². The Balaban J connectivity index is 2.33. The lowest BCUT2D eigenvalue weighted by Crippen LogP contribution is -1.98. The maximum atomic E-state index is 13.3. The first-order chi connectivity index (χ1) is 8.49. The molecule has 0 radical (unpaired) electrons. The minimum atomic E-state index is -3.89. The molecule has 2 rings (SSSR count). The summed E-state index contributed by atoms with van der Waals surface area (Å²) in [4.78, 5) is 0.0222. The Morgan fingerprint density at radius 2 is 1.61 bits per heavy atom. The van der Waals surface area contributed by atoms with E-state index in [1.165, 1.54) is 30.3 Å². The van der Waals surface area contributed by atoms with Crippen LogP contribution in [0.2, 0.25) is 0 Å². The summed E-state index contributed by atoms with van der Waals surface area (Å²) in [5, 5.41) is 0. The Labute approximate surface area is 113 Å². The number of hydrogen-bond acceptors (Lipinski definition) is 2. The Bertz CT molecular complexity index is 656. The van der Waals surface area contributed by atoms with Crippen molar-refractivity contribution in [3.8, 4) is 0 Å². The van der Waals surface area contributed by atoms with Crippen LogP contribution < -0.4 is 0 Å². The van der Waals surface area contributed by atoms with Crippen molar-refractivity contribution in [2.75, 3.05) is 0 Å². The van der Waals surface area contributed by atoms with Gasteiger partial charge in [-0.3, -0.25) is 0 Å². The van der Waals surface area contributed by atoms with Gasteiger partial charge in [0.1, 0.15) is 15.8 Å². The van der Waals surface area contributed by atoms with Crippen molar-refractivity contribution < 1.29 is 12.8 Å². The van der Waals surface area contributed by atoms with Gasteiger partial charge < -0.3 is 4.72 Å². The van der Waals surface area contributed by atoms with Crippen LogP contribution in [0.25, 0.3) is 4.72 Å². The molecular formula is C12H8BrFNO2S-. The standard InChI is InChI=1S/C12H8BrFNO2S/c13-9-5-7-10(8-6-9)18(16,17)15-12-4-2-1-3-11(12)14/h1-8H/q-1. The monoisotopic (exact) mass is 328 g/mol. The van der Waals surface area contributed by atoms with Gasteiger partial charge >= 0.3 is 0 Å². The third-order valence-electron chi connectivity index (χ3n) is 2.18. The van der Waals surface area contributed by atoms with Crippen molar-refractivity contribution in [1.29, 1.82) is 0 Å². The van der Waals surface area contributed by atoms with Gasteiger partial charge in [0.2, 0.25) is 0 Å². The normalized spacial score (nSPS) is 11.2. The van der Waals surface area contributed by atoms with Crippen LogP contribution in [0.15, 0.2) is 57.9 Å². The molecule has 18 heavy (non-hydrogen) atoms. The number of hydrogen-bond donors (Lipinski definition) is 0. The fourth-order valence-corrected chi connectivity index (χ4v) is 2.57. The maximum Gasteiger partial charge on any atom is 0.123 e. The lowest BCUT2D eigenvalue weighted by atomic mass is 10.3. The summed E-state index contributed by atoms with van der Waals surface area (Å²) >= 11 is 3.21. The van der Waals surface area contributed by atoms with Crippen molar-refractivity contribution >= 4 is 31.6 Å². The molecule has 0 aliphatic carbocycles. The van der Waals surface area contributed by atoms with Crippen LogP contribution in [0.3, 0.4) is 0 Å². The first kappa shape index (κ1) is 13.0. The van der Waals surface area contributed by atoms with E-state index in [1.807, 2.05) is 0 Å². The van der Waals surface area contributed by atoms with Gasteiger partial charge in [0.05, 0.1) is 4.90 Å². The first-order valence-corrected chi connectivity index (χ1v) is 7.20. The fraction of sp³-hybridized carbons (Fsp3) is 0. The quantitative estimate of drug-likeness (QED) is 0.855. The molecule has 94 valence electrons. The topological polar surface area (TPSA) is 48.2 Å². The molecule has 0 aromatic heterocycles. The highest BCUT2D eigenvalue weighted by Gasteiger charge is 2.05.